The molecule has 3 aromatic rings. The molecule has 0 radical (unpaired) electrons. The van der Waals surface area contributed by atoms with Gasteiger partial charge in [0.1, 0.15) is 5.75 Å². The third kappa shape index (κ3) is 3.60. The maximum absolute atomic E-state index is 14.5. The third-order valence-electron chi connectivity index (χ3n) is 7.53. The highest BCUT2D eigenvalue weighted by molar-refractivity contribution is 6.14. The molecule has 0 fully saturated rings. The SMILES string of the molecule is COC(=O)c1c(C2C(=O)N3c4c(cc(OC)cc42)C(C)=CC3(C)C)c(-c2ccccc2)n(CCO)c1C. The molecule has 192 valence electrons. The second-order valence-electron chi connectivity index (χ2n) is 10.2. The number of amides is 1. The number of nitrogens with zero attached hydrogens (tertiary/aromatic N) is 2. The molecular formula is C30H32N2O5. The molecule has 3 heterocycles. The average Bonchev–Trinajstić information content (AvgIpc) is 3.33. The standard InChI is InChI=1S/C30H32N2O5/c1-17-16-30(3,4)32-27-21(17)14-20(36-5)15-22(27)24(28(32)34)25-23(29(35)37-6)18(2)31(12-13-33)26(25)19-10-8-7-9-11-19/h7-11,14-16,24,33H,12-13H2,1-6H3. The molecule has 2 aliphatic heterocycles. The van der Waals surface area contributed by atoms with Gasteiger partial charge in [0.25, 0.3) is 0 Å². The zero-order chi connectivity index (χ0) is 26.6. The number of hydrogen-bond acceptors (Lipinski definition) is 5. The zero-order valence-corrected chi connectivity index (χ0v) is 22.1. The molecule has 1 atom stereocenters. The van der Waals surface area contributed by atoms with E-state index in [2.05, 4.69) is 6.08 Å². The highest BCUT2D eigenvalue weighted by Crippen LogP contribution is 2.54. The second kappa shape index (κ2) is 8.92. The number of aliphatic hydroxyl groups is 1. The number of hydrogen-bond donors (Lipinski definition) is 1. The number of benzene rings is 2. The summed E-state index contributed by atoms with van der Waals surface area (Å²) in [6.07, 6.45) is 2.10. The molecule has 1 amide bonds. The van der Waals surface area contributed by atoms with E-state index in [-0.39, 0.29) is 19.1 Å². The largest absolute Gasteiger partial charge is 0.497 e. The number of allylic oxidation sites excluding steroid dienone is 1. The number of aromatic nitrogens is 1. The van der Waals surface area contributed by atoms with Crippen LogP contribution in [-0.2, 0) is 16.1 Å². The van der Waals surface area contributed by atoms with Gasteiger partial charge in [0.05, 0.1) is 49.2 Å². The Hall–Kier alpha value is -3.84. The van der Waals surface area contributed by atoms with E-state index in [1.54, 1.807) is 7.11 Å². The van der Waals surface area contributed by atoms with Gasteiger partial charge in [-0.15, -0.1) is 0 Å². The van der Waals surface area contributed by atoms with E-state index in [1.165, 1.54) is 7.11 Å². The average molecular weight is 501 g/mol. The first-order valence-electron chi connectivity index (χ1n) is 12.4. The molecule has 0 saturated carbocycles. The maximum Gasteiger partial charge on any atom is 0.340 e. The summed E-state index contributed by atoms with van der Waals surface area (Å²) in [6.45, 7) is 8.08. The summed E-state index contributed by atoms with van der Waals surface area (Å²) in [4.78, 5) is 29.6. The molecule has 2 aromatic carbocycles. The number of anilines is 1. The van der Waals surface area contributed by atoms with Crippen LogP contribution in [0.3, 0.4) is 0 Å². The van der Waals surface area contributed by atoms with Crippen LogP contribution in [0.15, 0.2) is 48.5 Å². The van der Waals surface area contributed by atoms with Gasteiger partial charge in [0.2, 0.25) is 5.91 Å². The van der Waals surface area contributed by atoms with Gasteiger partial charge in [-0.3, -0.25) is 4.79 Å². The summed E-state index contributed by atoms with van der Waals surface area (Å²) >= 11 is 0. The quantitative estimate of drug-likeness (QED) is 0.486. The van der Waals surface area contributed by atoms with Gasteiger partial charge in [-0.1, -0.05) is 36.4 Å². The summed E-state index contributed by atoms with van der Waals surface area (Å²) in [5.74, 6) is -0.735. The predicted molar refractivity (Wildman–Crippen MR) is 143 cm³/mol. The molecule has 0 spiro atoms. The van der Waals surface area contributed by atoms with Crippen LogP contribution in [0.25, 0.3) is 16.8 Å². The molecular weight excluding hydrogens is 468 g/mol. The van der Waals surface area contributed by atoms with Crippen molar-refractivity contribution in [3.63, 3.8) is 0 Å². The Morgan fingerprint density at radius 2 is 1.81 bits per heavy atom. The van der Waals surface area contributed by atoms with Crippen LogP contribution >= 0.6 is 0 Å². The second-order valence-corrected chi connectivity index (χ2v) is 10.2. The lowest BCUT2D eigenvalue weighted by Crippen LogP contribution is -2.47. The lowest BCUT2D eigenvalue weighted by molar-refractivity contribution is -0.119. The number of ether oxygens (including phenoxy) is 2. The molecule has 0 aliphatic carbocycles. The summed E-state index contributed by atoms with van der Waals surface area (Å²) in [7, 11) is 2.96. The fourth-order valence-electron chi connectivity index (χ4n) is 6.10. The molecule has 0 bridgehead atoms. The first kappa shape index (κ1) is 24.8. The molecule has 1 unspecified atom stereocenters. The predicted octanol–water partition coefficient (Wildman–Crippen LogP) is 4.93. The van der Waals surface area contributed by atoms with Crippen LogP contribution in [0.4, 0.5) is 5.69 Å². The van der Waals surface area contributed by atoms with Crippen molar-refractivity contribution in [1.82, 2.24) is 4.57 Å². The van der Waals surface area contributed by atoms with Gasteiger partial charge in [-0.2, -0.15) is 0 Å². The van der Waals surface area contributed by atoms with Crippen molar-refractivity contribution >= 4 is 23.1 Å². The zero-order valence-electron chi connectivity index (χ0n) is 22.1. The summed E-state index contributed by atoms with van der Waals surface area (Å²) in [6, 6.07) is 13.5. The summed E-state index contributed by atoms with van der Waals surface area (Å²) < 4.78 is 12.8. The smallest absolute Gasteiger partial charge is 0.340 e. The van der Waals surface area contributed by atoms with Gasteiger partial charge in [0.15, 0.2) is 0 Å². The van der Waals surface area contributed by atoms with Gasteiger partial charge in [0, 0.05) is 23.4 Å². The molecule has 1 aromatic heterocycles. The van der Waals surface area contributed by atoms with Crippen LogP contribution < -0.4 is 9.64 Å². The molecule has 37 heavy (non-hydrogen) atoms. The van der Waals surface area contributed by atoms with Crippen LogP contribution in [0.1, 0.15) is 59.4 Å². The Balaban J connectivity index is 1.91. The number of rotatable bonds is 6. The van der Waals surface area contributed by atoms with Crippen molar-refractivity contribution in [1.29, 1.82) is 0 Å². The van der Waals surface area contributed by atoms with Gasteiger partial charge in [-0.25, -0.2) is 4.79 Å². The van der Waals surface area contributed by atoms with Crippen molar-refractivity contribution in [2.45, 2.75) is 45.7 Å². The van der Waals surface area contributed by atoms with E-state index in [1.807, 2.05) is 79.6 Å². The molecule has 1 N–H and O–H groups in total. The normalized spacial score (nSPS) is 17.5. The highest BCUT2D eigenvalue weighted by atomic mass is 16.5. The minimum atomic E-state index is -0.759. The minimum Gasteiger partial charge on any atom is -0.497 e. The van der Waals surface area contributed by atoms with Gasteiger partial charge < -0.3 is 24.0 Å². The fourth-order valence-corrected chi connectivity index (χ4v) is 6.10. The molecule has 0 saturated heterocycles. The van der Waals surface area contributed by atoms with Crippen molar-refractivity contribution in [3.8, 4) is 17.0 Å². The van der Waals surface area contributed by atoms with Crippen molar-refractivity contribution in [2.75, 3.05) is 25.7 Å². The van der Waals surface area contributed by atoms with Gasteiger partial charge in [-0.05, 0) is 56.5 Å². The van der Waals surface area contributed by atoms with Crippen molar-refractivity contribution in [2.24, 2.45) is 0 Å². The summed E-state index contributed by atoms with van der Waals surface area (Å²) in [5.41, 5.74) is 6.26. The van der Waals surface area contributed by atoms with Crippen LogP contribution in [0.2, 0.25) is 0 Å². The van der Waals surface area contributed by atoms with Crippen LogP contribution in [0.5, 0.6) is 5.75 Å². The molecule has 7 nitrogen and oxygen atoms in total. The Labute approximate surface area is 216 Å². The summed E-state index contributed by atoms with van der Waals surface area (Å²) in [5, 5.41) is 9.94. The lowest BCUT2D eigenvalue weighted by atomic mass is 9.85. The van der Waals surface area contributed by atoms with E-state index in [4.69, 9.17) is 9.47 Å². The third-order valence-corrected chi connectivity index (χ3v) is 7.53. The Morgan fingerprint density at radius 3 is 2.43 bits per heavy atom. The van der Waals surface area contributed by atoms with E-state index in [9.17, 15) is 14.7 Å². The molecule has 5 rings (SSSR count). The maximum atomic E-state index is 14.5. The first-order valence-corrected chi connectivity index (χ1v) is 12.4. The van der Waals surface area contributed by atoms with Crippen molar-refractivity contribution in [3.05, 3.63) is 76.5 Å². The number of aliphatic hydroxyl groups excluding tert-OH is 1. The lowest BCUT2D eigenvalue weighted by Gasteiger charge is -2.39. The van der Waals surface area contributed by atoms with Crippen LogP contribution in [0, 0.1) is 6.92 Å². The monoisotopic (exact) mass is 500 g/mol. The van der Waals surface area contributed by atoms with E-state index < -0.39 is 17.4 Å². The Kier molecular flexibility index (Phi) is 5.99. The Bertz CT molecular complexity index is 1450. The van der Waals surface area contributed by atoms with Crippen LogP contribution in [-0.4, -0.2) is 47.9 Å². The number of methoxy groups -OCH3 is 2. The van der Waals surface area contributed by atoms with E-state index in [0.717, 1.165) is 33.6 Å². The first-order chi connectivity index (χ1) is 17.7. The van der Waals surface area contributed by atoms with E-state index >= 15 is 0 Å². The number of carbonyl (C=O) groups is 2. The van der Waals surface area contributed by atoms with Crippen molar-refractivity contribution < 1.29 is 24.2 Å². The number of esters is 1. The fraction of sp³-hybridized carbons (Fsp3) is 0.333. The highest BCUT2D eigenvalue weighted by Gasteiger charge is 2.50. The molecule has 2 aliphatic rings. The van der Waals surface area contributed by atoms with E-state index in [0.29, 0.717) is 22.6 Å². The topological polar surface area (TPSA) is 81.0 Å². The van der Waals surface area contributed by atoms with Gasteiger partial charge >= 0.3 is 5.97 Å². The molecule has 7 heteroatoms. The minimum absolute atomic E-state index is 0.110. The number of carbonyl (C=O) groups excluding carboxylic acids is 2. The Morgan fingerprint density at radius 1 is 1.11 bits per heavy atom.